The second-order valence-electron chi connectivity index (χ2n) is 6.09. The average Bonchev–Trinajstić information content (AvgIpc) is 3.30. The molecule has 1 aromatic carbocycles. The molecule has 1 heterocycles. The van der Waals surface area contributed by atoms with E-state index in [1.807, 2.05) is 30.3 Å². The van der Waals surface area contributed by atoms with E-state index in [1.54, 1.807) is 11.8 Å². The Hall–Kier alpha value is -2.30. The van der Waals surface area contributed by atoms with Gasteiger partial charge in [-0.25, -0.2) is 0 Å². The van der Waals surface area contributed by atoms with Crippen LogP contribution in [-0.4, -0.2) is 35.0 Å². The molecule has 5 heteroatoms. The zero-order valence-electron chi connectivity index (χ0n) is 13.2. The molecule has 23 heavy (non-hydrogen) atoms. The van der Waals surface area contributed by atoms with Gasteiger partial charge in [-0.2, -0.15) is 0 Å². The number of nitrogens with zero attached hydrogens (tertiary/aromatic N) is 1. The van der Waals surface area contributed by atoms with E-state index in [1.165, 1.54) is 0 Å². The van der Waals surface area contributed by atoms with Gasteiger partial charge in [-0.15, -0.1) is 0 Å². The number of rotatable bonds is 5. The van der Waals surface area contributed by atoms with Gasteiger partial charge in [-0.05, 0) is 31.7 Å². The Morgan fingerprint density at radius 2 is 2.00 bits per heavy atom. The third-order valence-corrected chi connectivity index (χ3v) is 4.55. The second-order valence-corrected chi connectivity index (χ2v) is 6.09. The first-order chi connectivity index (χ1) is 11.1. The number of hydrogen-bond donors (Lipinski definition) is 1. The molecule has 2 fully saturated rings. The fourth-order valence-electron chi connectivity index (χ4n) is 3.04. The zero-order valence-corrected chi connectivity index (χ0v) is 13.2. The van der Waals surface area contributed by atoms with Gasteiger partial charge in [0, 0.05) is 13.1 Å². The molecule has 1 saturated heterocycles. The van der Waals surface area contributed by atoms with Crippen molar-refractivity contribution in [1.82, 2.24) is 4.90 Å². The number of benzene rings is 1. The maximum Gasteiger partial charge on any atom is 0.319 e. The smallest absolute Gasteiger partial charge is 0.319 e. The fourth-order valence-corrected chi connectivity index (χ4v) is 3.04. The molecule has 1 N–H and O–H groups in total. The Balaban J connectivity index is 1.77. The molecule has 0 atom stereocenters. The van der Waals surface area contributed by atoms with Gasteiger partial charge in [0.2, 0.25) is 0 Å². The monoisotopic (exact) mass is 315 g/mol. The molecule has 0 unspecified atom stereocenters. The van der Waals surface area contributed by atoms with Crippen molar-refractivity contribution in [1.29, 1.82) is 0 Å². The topological polar surface area (TPSA) is 66.8 Å². The lowest BCUT2D eigenvalue weighted by molar-refractivity contribution is -0.149. The molecule has 122 valence electrons. The molecule has 1 aliphatic carbocycles. The summed E-state index contributed by atoms with van der Waals surface area (Å²) in [7, 11) is 0. The Morgan fingerprint density at radius 1 is 1.30 bits per heavy atom. The molecular formula is C18H21NO4. The summed E-state index contributed by atoms with van der Waals surface area (Å²) < 4.78 is 5.05. The minimum atomic E-state index is -0.968. The van der Waals surface area contributed by atoms with Gasteiger partial charge >= 0.3 is 5.97 Å². The molecule has 3 rings (SSSR count). The van der Waals surface area contributed by atoms with Crippen LogP contribution in [0.4, 0.5) is 0 Å². The van der Waals surface area contributed by atoms with Crippen LogP contribution in [0.5, 0.6) is 0 Å². The highest BCUT2D eigenvalue weighted by molar-refractivity contribution is 5.98. The Kier molecular flexibility index (Phi) is 4.11. The van der Waals surface area contributed by atoms with Crippen LogP contribution in [0.15, 0.2) is 41.7 Å². The Morgan fingerprint density at radius 3 is 2.61 bits per heavy atom. The van der Waals surface area contributed by atoms with Crippen molar-refractivity contribution in [2.45, 2.75) is 32.7 Å². The van der Waals surface area contributed by atoms with Gasteiger partial charge in [0.05, 0.1) is 12.2 Å². The molecule has 0 radical (unpaired) electrons. The van der Waals surface area contributed by atoms with E-state index >= 15 is 0 Å². The van der Waals surface area contributed by atoms with E-state index in [0.717, 1.165) is 5.56 Å². The van der Waals surface area contributed by atoms with Gasteiger partial charge < -0.3 is 14.7 Å². The van der Waals surface area contributed by atoms with E-state index in [2.05, 4.69) is 0 Å². The largest absolute Gasteiger partial charge is 0.511 e. The van der Waals surface area contributed by atoms with Gasteiger partial charge in [-0.1, -0.05) is 30.3 Å². The lowest BCUT2D eigenvalue weighted by Gasteiger charge is -2.17. The van der Waals surface area contributed by atoms with Crippen LogP contribution in [-0.2, 0) is 20.9 Å². The number of carbonyl (C=O) groups is 2. The van der Waals surface area contributed by atoms with Crippen LogP contribution < -0.4 is 0 Å². The SMILES string of the molecule is CCOC(=O)C1(C(O)=C2CCN(Cc3ccccc3)C2=O)CC1. The molecule has 1 aliphatic heterocycles. The number of aliphatic hydroxyl groups excluding tert-OH is 1. The molecule has 0 bridgehead atoms. The summed E-state index contributed by atoms with van der Waals surface area (Å²) in [6.45, 7) is 3.09. The van der Waals surface area contributed by atoms with Crippen molar-refractivity contribution < 1.29 is 19.4 Å². The maximum absolute atomic E-state index is 12.6. The number of esters is 1. The van der Waals surface area contributed by atoms with Gasteiger partial charge in [0.25, 0.3) is 5.91 Å². The van der Waals surface area contributed by atoms with Gasteiger partial charge in [0.1, 0.15) is 11.2 Å². The predicted octanol–water partition coefficient (Wildman–Crippen LogP) is 2.57. The predicted molar refractivity (Wildman–Crippen MR) is 84.4 cm³/mol. The molecule has 0 aromatic heterocycles. The first-order valence-corrected chi connectivity index (χ1v) is 8.01. The van der Waals surface area contributed by atoms with Crippen LogP contribution in [0.2, 0.25) is 0 Å². The lowest BCUT2D eigenvalue weighted by atomic mass is 9.99. The third kappa shape index (κ3) is 2.83. The van der Waals surface area contributed by atoms with Crippen molar-refractivity contribution in [2.75, 3.05) is 13.2 Å². The van der Waals surface area contributed by atoms with Crippen molar-refractivity contribution in [2.24, 2.45) is 5.41 Å². The standard InChI is InChI=1S/C18H21NO4/c1-2-23-17(22)18(9-10-18)15(20)14-8-11-19(16(14)21)12-13-6-4-3-5-7-13/h3-7,20H,2,8-12H2,1H3. The summed E-state index contributed by atoms with van der Waals surface area (Å²) in [4.78, 5) is 26.3. The van der Waals surface area contributed by atoms with Crippen molar-refractivity contribution >= 4 is 11.9 Å². The zero-order chi connectivity index (χ0) is 16.4. The highest BCUT2D eigenvalue weighted by atomic mass is 16.5. The van der Waals surface area contributed by atoms with Crippen molar-refractivity contribution in [3.63, 3.8) is 0 Å². The normalized spacial score (nSPS) is 21.3. The van der Waals surface area contributed by atoms with Crippen LogP contribution in [0.3, 0.4) is 0 Å². The van der Waals surface area contributed by atoms with E-state index in [4.69, 9.17) is 4.74 Å². The molecule has 1 saturated carbocycles. The average molecular weight is 315 g/mol. The van der Waals surface area contributed by atoms with E-state index in [9.17, 15) is 14.7 Å². The van der Waals surface area contributed by atoms with Crippen LogP contribution >= 0.6 is 0 Å². The van der Waals surface area contributed by atoms with Crippen LogP contribution in [0, 0.1) is 5.41 Å². The third-order valence-electron chi connectivity index (χ3n) is 4.55. The summed E-state index contributed by atoms with van der Waals surface area (Å²) in [5.41, 5.74) is 0.448. The number of ether oxygens (including phenoxy) is 1. The number of hydrogen-bond acceptors (Lipinski definition) is 4. The van der Waals surface area contributed by atoms with Crippen LogP contribution in [0.25, 0.3) is 0 Å². The number of carbonyl (C=O) groups excluding carboxylic acids is 2. The van der Waals surface area contributed by atoms with E-state index < -0.39 is 11.4 Å². The summed E-state index contributed by atoms with van der Waals surface area (Å²) in [6.07, 6.45) is 1.57. The van der Waals surface area contributed by atoms with E-state index in [0.29, 0.717) is 37.9 Å². The lowest BCUT2D eigenvalue weighted by Crippen LogP contribution is -2.27. The molecule has 5 nitrogen and oxygen atoms in total. The molecule has 1 amide bonds. The van der Waals surface area contributed by atoms with Gasteiger partial charge in [0.15, 0.2) is 0 Å². The second kappa shape index (κ2) is 6.07. The minimum Gasteiger partial charge on any atom is -0.511 e. The van der Waals surface area contributed by atoms with Crippen molar-refractivity contribution in [3.05, 3.63) is 47.2 Å². The summed E-state index contributed by atoms with van der Waals surface area (Å²) in [6, 6.07) is 9.74. The first kappa shape index (κ1) is 15.6. The fraction of sp³-hybridized carbons (Fsp3) is 0.444. The molecule has 2 aliphatic rings. The van der Waals surface area contributed by atoms with Crippen LogP contribution in [0.1, 0.15) is 31.7 Å². The Bertz CT molecular complexity index is 646. The number of likely N-dealkylation sites (tertiary alicyclic amines) is 1. The molecular weight excluding hydrogens is 294 g/mol. The minimum absolute atomic E-state index is 0.0727. The highest BCUT2D eigenvalue weighted by Gasteiger charge is 2.57. The summed E-state index contributed by atoms with van der Waals surface area (Å²) in [5, 5.41) is 10.5. The highest BCUT2D eigenvalue weighted by Crippen LogP contribution is 2.53. The number of aliphatic hydroxyl groups is 1. The maximum atomic E-state index is 12.6. The van der Waals surface area contributed by atoms with Gasteiger partial charge in [-0.3, -0.25) is 9.59 Å². The van der Waals surface area contributed by atoms with Crippen molar-refractivity contribution in [3.8, 4) is 0 Å². The van der Waals surface area contributed by atoms with E-state index in [-0.39, 0.29) is 18.3 Å². The molecule has 0 spiro atoms. The summed E-state index contributed by atoms with van der Waals surface area (Å²) >= 11 is 0. The quantitative estimate of drug-likeness (QED) is 0.515. The summed E-state index contributed by atoms with van der Waals surface area (Å²) in [5.74, 6) is -0.669. The molecule has 1 aromatic rings. The Labute approximate surface area is 135 Å². The first-order valence-electron chi connectivity index (χ1n) is 8.01. The number of amides is 1.